The van der Waals surface area contributed by atoms with Gasteiger partial charge in [0, 0.05) is 43.7 Å². The van der Waals surface area contributed by atoms with Crippen molar-refractivity contribution in [3.63, 3.8) is 0 Å². The minimum atomic E-state index is -0.886. The van der Waals surface area contributed by atoms with E-state index in [2.05, 4.69) is 5.32 Å². The van der Waals surface area contributed by atoms with E-state index in [-0.39, 0.29) is 23.9 Å². The van der Waals surface area contributed by atoms with E-state index in [4.69, 9.17) is 4.74 Å². The maximum Gasteiger partial charge on any atom is 0.307 e. The first-order valence-corrected chi connectivity index (χ1v) is 7.10. The topological polar surface area (TPSA) is 80.6 Å². The number of amides is 1. The van der Waals surface area contributed by atoms with Gasteiger partial charge < -0.3 is 15.2 Å². The molecular formula is C12H18N2O4S. The second-order valence-corrected chi connectivity index (χ2v) is 5.66. The molecule has 0 unspecified atom stereocenters. The van der Waals surface area contributed by atoms with Crippen molar-refractivity contribution < 1.29 is 14.6 Å². The van der Waals surface area contributed by atoms with Gasteiger partial charge in [0.05, 0.1) is 5.60 Å². The molecule has 6 nitrogen and oxygen atoms in total. The van der Waals surface area contributed by atoms with Crippen molar-refractivity contribution in [1.29, 1.82) is 0 Å². The zero-order valence-electron chi connectivity index (χ0n) is 10.8. The maximum atomic E-state index is 11.8. The Labute approximate surface area is 115 Å². The molecule has 106 valence electrons. The third-order valence-electron chi connectivity index (χ3n) is 3.32. The van der Waals surface area contributed by atoms with Crippen molar-refractivity contribution in [3.05, 3.63) is 20.7 Å². The Kier molecular flexibility index (Phi) is 4.38. The molecule has 0 aliphatic carbocycles. The van der Waals surface area contributed by atoms with E-state index >= 15 is 0 Å². The lowest BCUT2D eigenvalue weighted by Crippen LogP contribution is -2.47. The molecule has 0 atom stereocenters. The standard InChI is InChI=1S/C12H18N2O4S/c1-9-7-19-11(16)14(9)6-10(15)13-8-12(17)2-4-18-5-3-12/h7,17H,2-6,8H2,1H3,(H,13,15). The van der Waals surface area contributed by atoms with Crippen LogP contribution < -0.4 is 10.2 Å². The molecule has 1 aromatic heterocycles. The average molecular weight is 286 g/mol. The molecule has 2 heterocycles. The van der Waals surface area contributed by atoms with Crippen LogP contribution in [0.25, 0.3) is 0 Å². The molecule has 0 saturated carbocycles. The molecule has 2 N–H and O–H groups in total. The lowest BCUT2D eigenvalue weighted by molar-refractivity contribution is -0.124. The maximum absolute atomic E-state index is 11.8. The Hall–Kier alpha value is -1.18. The number of ether oxygens (including phenoxy) is 1. The lowest BCUT2D eigenvalue weighted by atomic mass is 9.94. The van der Waals surface area contributed by atoms with Gasteiger partial charge >= 0.3 is 4.87 Å². The third-order valence-corrected chi connectivity index (χ3v) is 4.20. The minimum Gasteiger partial charge on any atom is -0.388 e. The Morgan fingerprint density at radius 2 is 2.26 bits per heavy atom. The van der Waals surface area contributed by atoms with Crippen LogP contribution in [0.1, 0.15) is 18.5 Å². The van der Waals surface area contributed by atoms with E-state index in [1.807, 2.05) is 0 Å². The summed E-state index contributed by atoms with van der Waals surface area (Å²) in [4.78, 5) is 23.1. The van der Waals surface area contributed by atoms with Crippen molar-refractivity contribution >= 4 is 17.2 Å². The van der Waals surface area contributed by atoms with Crippen molar-refractivity contribution in [3.8, 4) is 0 Å². The second-order valence-electron chi connectivity index (χ2n) is 4.84. The molecule has 7 heteroatoms. The molecule has 1 aromatic rings. The summed E-state index contributed by atoms with van der Waals surface area (Å²) >= 11 is 1.08. The van der Waals surface area contributed by atoms with Crippen molar-refractivity contribution in [1.82, 2.24) is 9.88 Å². The number of aliphatic hydroxyl groups is 1. The predicted molar refractivity (Wildman–Crippen MR) is 71.3 cm³/mol. The molecule has 1 aliphatic rings. The fraction of sp³-hybridized carbons (Fsp3) is 0.667. The first-order chi connectivity index (χ1) is 9.00. The number of hydrogen-bond acceptors (Lipinski definition) is 5. The second kappa shape index (κ2) is 5.85. The summed E-state index contributed by atoms with van der Waals surface area (Å²) in [5.74, 6) is -0.261. The molecule has 1 aliphatic heterocycles. The van der Waals surface area contributed by atoms with Crippen LogP contribution in [0, 0.1) is 6.92 Å². The van der Waals surface area contributed by atoms with Crippen LogP contribution in [0.5, 0.6) is 0 Å². The molecule has 1 fully saturated rings. The van der Waals surface area contributed by atoms with Gasteiger partial charge in [0.1, 0.15) is 6.54 Å². The van der Waals surface area contributed by atoms with E-state index in [9.17, 15) is 14.7 Å². The van der Waals surface area contributed by atoms with E-state index in [0.717, 1.165) is 17.0 Å². The Bertz CT molecular complexity index is 502. The van der Waals surface area contributed by atoms with Crippen molar-refractivity contribution in [2.24, 2.45) is 0 Å². The predicted octanol–water partition coefficient (Wildman–Crippen LogP) is -0.124. The molecule has 0 radical (unpaired) electrons. The Morgan fingerprint density at radius 3 is 2.84 bits per heavy atom. The van der Waals surface area contributed by atoms with Gasteiger partial charge in [0.25, 0.3) is 0 Å². The summed E-state index contributed by atoms with van der Waals surface area (Å²) in [5, 5.41) is 14.6. The zero-order valence-corrected chi connectivity index (χ0v) is 11.7. The molecule has 1 saturated heterocycles. The first kappa shape index (κ1) is 14.2. The van der Waals surface area contributed by atoms with Gasteiger partial charge in [0.15, 0.2) is 0 Å². The number of carbonyl (C=O) groups is 1. The highest BCUT2D eigenvalue weighted by Crippen LogP contribution is 2.19. The summed E-state index contributed by atoms with van der Waals surface area (Å²) < 4.78 is 6.60. The molecule has 0 bridgehead atoms. The summed E-state index contributed by atoms with van der Waals surface area (Å²) in [6.45, 7) is 3.01. The van der Waals surface area contributed by atoms with E-state index < -0.39 is 5.60 Å². The number of aryl methyl sites for hydroxylation is 1. The van der Waals surface area contributed by atoms with E-state index in [1.54, 1.807) is 12.3 Å². The highest BCUT2D eigenvalue weighted by Gasteiger charge is 2.30. The molecule has 1 amide bonds. The van der Waals surface area contributed by atoms with E-state index in [1.165, 1.54) is 4.57 Å². The van der Waals surface area contributed by atoms with Gasteiger partial charge in [-0.2, -0.15) is 0 Å². The number of nitrogens with zero attached hydrogens (tertiary/aromatic N) is 1. The monoisotopic (exact) mass is 286 g/mol. The van der Waals surface area contributed by atoms with Crippen molar-refractivity contribution in [2.75, 3.05) is 19.8 Å². The SMILES string of the molecule is Cc1csc(=O)n1CC(=O)NCC1(O)CCOCC1. The van der Waals surface area contributed by atoms with Gasteiger partial charge in [-0.25, -0.2) is 0 Å². The van der Waals surface area contributed by atoms with Crippen LogP contribution in [0.4, 0.5) is 0 Å². The van der Waals surface area contributed by atoms with Crippen LogP contribution in [0.15, 0.2) is 10.2 Å². The summed E-state index contributed by atoms with van der Waals surface area (Å²) in [6.07, 6.45) is 1.04. The van der Waals surface area contributed by atoms with Gasteiger partial charge in [-0.1, -0.05) is 11.3 Å². The van der Waals surface area contributed by atoms with Crippen LogP contribution in [0.3, 0.4) is 0 Å². The highest BCUT2D eigenvalue weighted by molar-refractivity contribution is 7.07. The molecule has 19 heavy (non-hydrogen) atoms. The van der Waals surface area contributed by atoms with Gasteiger partial charge in [0.2, 0.25) is 5.91 Å². The molecule has 2 rings (SSSR count). The van der Waals surface area contributed by atoms with Gasteiger partial charge in [-0.15, -0.1) is 0 Å². The molecule has 0 spiro atoms. The quantitative estimate of drug-likeness (QED) is 0.808. The fourth-order valence-corrected chi connectivity index (χ4v) is 2.72. The molecule has 0 aromatic carbocycles. The van der Waals surface area contributed by atoms with Crippen LogP contribution in [-0.2, 0) is 16.1 Å². The number of nitrogens with one attached hydrogen (secondary N) is 1. The number of carbonyl (C=O) groups excluding carboxylic acids is 1. The number of hydrogen-bond donors (Lipinski definition) is 2. The largest absolute Gasteiger partial charge is 0.388 e. The van der Waals surface area contributed by atoms with Crippen molar-refractivity contribution in [2.45, 2.75) is 31.9 Å². The zero-order chi connectivity index (χ0) is 13.9. The van der Waals surface area contributed by atoms with E-state index in [0.29, 0.717) is 26.1 Å². The first-order valence-electron chi connectivity index (χ1n) is 6.22. The lowest BCUT2D eigenvalue weighted by Gasteiger charge is -2.32. The summed E-state index contributed by atoms with van der Waals surface area (Å²) in [5.41, 5.74) is -0.113. The highest BCUT2D eigenvalue weighted by atomic mass is 32.1. The fourth-order valence-electron chi connectivity index (χ4n) is 1.99. The normalized spacial score (nSPS) is 18.2. The third kappa shape index (κ3) is 3.65. The van der Waals surface area contributed by atoms with Gasteiger partial charge in [-0.05, 0) is 6.92 Å². The smallest absolute Gasteiger partial charge is 0.307 e. The van der Waals surface area contributed by atoms with Gasteiger partial charge in [-0.3, -0.25) is 14.2 Å². The summed E-state index contributed by atoms with van der Waals surface area (Å²) in [7, 11) is 0. The van der Waals surface area contributed by atoms with Crippen LogP contribution >= 0.6 is 11.3 Å². The number of rotatable bonds is 4. The van der Waals surface area contributed by atoms with Crippen LogP contribution in [0.2, 0.25) is 0 Å². The molecular weight excluding hydrogens is 268 g/mol. The minimum absolute atomic E-state index is 0.000741. The average Bonchev–Trinajstić information content (AvgIpc) is 2.69. The number of aromatic nitrogens is 1. The summed E-state index contributed by atoms with van der Waals surface area (Å²) in [6, 6.07) is 0. The Balaban J connectivity index is 1.86. The number of thiazole rings is 1. The van der Waals surface area contributed by atoms with Crippen LogP contribution in [-0.4, -0.2) is 40.9 Å². The Morgan fingerprint density at radius 1 is 1.58 bits per heavy atom.